The number of hydrogen-bond acceptors (Lipinski definition) is 5. The first-order chi connectivity index (χ1) is 13.5. The molecule has 8 nitrogen and oxygen atoms in total. The minimum Gasteiger partial charge on any atom is -0.372 e. The number of carbonyl (C=O) groups is 2. The Labute approximate surface area is 162 Å². The molecule has 1 fully saturated rings. The highest BCUT2D eigenvalue weighted by molar-refractivity contribution is 5.99. The van der Waals surface area contributed by atoms with E-state index in [1.807, 2.05) is 0 Å². The van der Waals surface area contributed by atoms with Crippen LogP contribution in [0.1, 0.15) is 44.7 Å². The summed E-state index contributed by atoms with van der Waals surface area (Å²) in [7, 11) is 3.36. The average Bonchev–Trinajstić information content (AvgIpc) is 3.51. The van der Waals surface area contributed by atoms with Crippen molar-refractivity contribution in [2.45, 2.75) is 31.8 Å². The van der Waals surface area contributed by atoms with Crippen LogP contribution in [0, 0.1) is 0 Å². The molecule has 0 radical (unpaired) electrons. The Hall–Kier alpha value is -3.16. The van der Waals surface area contributed by atoms with Crippen molar-refractivity contribution < 1.29 is 9.59 Å². The van der Waals surface area contributed by atoms with Gasteiger partial charge in [-0.15, -0.1) is 0 Å². The smallest absolute Gasteiger partial charge is 0.263 e. The molecule has 1 saturated carbocycles. The highest BCUT2D eigenvalue weighted by Crippen LogP contribution is 2.25. The SMILES string of the molecule is CNc1ncccc1C(=O)N1CCc2c(cn(C)c(=O)c2C(=O)NC2CC2)C1. The van der Waals surface area contributed by atoms with Crippen LogP contribution < -0.4 is 16.2 Å². The van der Waals surface area contributed by atoms with Crippen LogP contribution in [-0.4, -0.2) is 45.9 Å². The van der Waals surface area contributed by atoms with E-state index in [9.17, 15) is 14.4 Å². The van der Waals surface area contributed by atoms with Crippen LogP contribution in [0.2, 0.25) is 0 Å². The highest BCUT2D eigenvalue weighted by atomic mass is 16.2. The fourth-order valence-electron chi connectivity index (χ4n) is 3.63. The number of hydrogen-bond donors (Lipinski definition) is 2. The largest absolute Gasteiger partial charge is 0.372 e. The summed E-state index contributed by atoms with van der Waals surface area (Å²) in [5.74, 6) is 0.105. The topological polar surface area (TPSA) is 96.3 Å². The van der Waals surface area contributed by atoms with E-state index in [1.165, 1.54) is 4.57 Å². The predicted molar refractivity (Wildman–Crippen MR) is 104 cm³/mol. The molecule has 2 aromatic rings. The number of amides is 2. The third-order valence-corrected chi connectivity index (χ3v) is 5.27. The molecule has 8 heteroatoms. The van der Waals surface area contributed by atoms with E-state index in [0.29, 0.717) is 30.9 Å². The van der Waals surface area contributed by atoms with Gasteiger partial charge in [-0.1, -0.05) is 0 Å². The number of aromatic nitrogens is 2. The Balaban J connectivity index is 1.65. The van der Waals surface area contributed by atoms with Gasteiger partial charge in [0.25, 0.3) is 17.4 Å². The van der Waals surface area contributed by atoms with Crippen LogP contribution in [0.5, 0.6) is 0 Å². The number of carbonyl (C=O) groups excluding carboxylic acids is 2. The second kappa shape index (κ2) is 7.10. The van der Waals surface area contributed by atoms with E-state index in [2.05, 4.69) is 15.6 Å². The molecule has 146 valence electrons. The Morgan fingerprint density at radius 3 is 2.79 bits per heavy atom. The molecule has 28 heavy (non-hydrogen) atoms. The lowest BCUT2D eigenvalue weighted by Gasteiger charge is -2.30. The van der Waals surface area contributed by atoms with Crippen molar-refractivity contribution in [1.29, 1.82) is 0 Å². The lowest BCUT2D eigenvalue weighted by atomic mass is 9.95. The first kappa shape index (κ1) is 18.2. The van der Waals surface area contributed by atoms with Gasteiger partial charge in [0.1, 0.15) is 11.4 Å². The van der Waals surface area contributed by atoms with E-state index in [1.54, 1.807) is 43.5 Å². The Morgan fingerprint density at radius 1 is 1.29 bits per heavy atom. The molecule has 1 aliphatic heterocycles. The van der Waals surface area contributed by atoms with Crippen LogP contribution in [-0.2, 0) is 20.0 Å². The molecule has 0 spiro atoms. The van der Waals surface area contributed by atoms with Gasteiger partial charge in [0.2, 0.25) is 0 Å². The number of fused-ring (bicyclic) bond motifs is 1. The normalized spacial score (nSPS) is 15.7. The van der Waals surface area contributed by atoms with E-state index >= 15 is 0 Å². The van der Waals surface area contributed by atoms with Gasteiger partial charge in [-0.3, -0.25) is 14.4 Å². The fraction of sp³-hybridized carbons (Fsp3) is 0.400. The zero-order chi connectivity index (χ0) is 19.8. The molecular formula is C20H23N5O3. The first-order valence-corrected chi connectivity index (χ1v) is 9.44. The summed E-state index contributed by atoms with van der Waals surface area (Å²) in [6.07, 6.45) is 5.76. The molecule has 0 unspecified atom stereocenters. The van der Waals surface area contributed by atoms with Crippen molar-refractivity contribution >= 4 is 17.6 Å². The average molecular weight is 381 g/mol. The van der Waals surface area contributed by atoms with E-state index in [4.69, 9.17) is 0 Å². The van der Waals surface area contributed by atoms with Gasteiger partial charge in [-0.05, 0) is 42.5 Å². The van der Waals surface area contributed by atoms with Gasteiger partial charge in [0, 0.05) is 45.6 Å². The number of nitrogens with zero attached hydrogens (tertiary/aromatic N) is 3. The van der Waals surface area contributed by atoms with Crippen LogP contribution in [0.4, 0.5) is 5.82 Å². The van der Waals surface area contributed by atoms with Gasteiger partial charge in [0.05, 0.1) is 5.56 Å². The first-order valence-electron chi connectivity index (χ1n) is 9.44. The molecule has 0 bridgehead atoms. The van der Waals surface area contributed by atoms with Crippen LogP contribution >= 0.6 is 0 Å². The second-order valence-electron chi connectivity index (χ2n) is 7.30. The van der Waals surface area contributed by atoms with Crippen molar-refractivity contribution in [3.05, 3.63) is 57.1 Å². The minimum absolute atomic E-state index is 0.124. The highest BCUT2D eigenvalue weighted by Gasteiger charge is 2.31. The van der Waals surface area contributed by atoms with Crippen molar-refractivity contribution in [1.82, 2.24) is 19.8 Å². The van der Waals surface area contributed by atoms with Gasteiger partial charge >= 0.3 is 0 Å². The molecule has 0 aromatic carbocycles. The lowest BCUT2D eigenvalue weighted by molar-refractivity contribution is 0.0734. The van der Waals surface area contributed by atoms with Crippen molar-refractivity contribution in [3.8, 4) is 0 Å². The molecular weight excluding hydrogens is 358 g/mol. The number of aryl methyl sites for hydroxylation is 1. The Bertz CT molecular complexity index is 1010. The van der Waals surface area contributed by atoms with Gasteiger partial charge in [-0.25, -0.2) is 4.98 Å². The Morgan fingerprint density at radius 2 is 2.07 bits per heavy atom. The third kappa shape index (κ3) is 3.26. The molecule has 2 aliphatic rings. The van der Waals surface area contributed by atoms with E-state index < -0.39 is 0 Å². The molecule has 2 N–H and O–H groups in total. The van der Waals surface area contributed by atoms with Crippen LogP contribution in [0.3, 0.4) is 0 Å². The fourth-order valence-corrected chi connectivity index (χ4v) is 3.63. The molecule has 2 amide bonds. The standard InChI is InChI=1S/C20H23N5O3/c1-21-17-15(4-3-8-22-17)19(27)25-9-7-14-12(11-25)10-24(2)20(28)16(14)18(26)23-13-5-6-13/h3-4,8,10,13H,5-7,9,11H2,1-2H3,(H,21,22)(H,23,26). The maximum atomic E-state index is 13.0. The van der Waals surface area contributed by atoms with Crippen molar-refractivity contribution in [3.63, 3.8) is 0 Å². The third-order valence-electron chi connectivity index (χ3n) is 5.27. The van der Waals surface area contributed by atoms with E-state index in [-0.39, 0.29) is 29.0 Å². The maximum Gasteiger partial charge on any atom is 0.263 e. The summed E-state index contributed by atoms with van der Waals surface area (Å²) < 4.78 is 1.43. The molecule has 1 aliphatic carbocycles. The quantitative estimate of drug-likeness (QED) is 0.821. The summed E-state index contributed by atoms with van der Waals surface area (Å²) in [5, 5.41) is 5.86. The molecule has 0 saturated heterocycles. The number of nitrogens with one attached hydrogen (secondary N) is 2. The van der Waals surface area contributed by atoms with Gasteiger partial charge in [0.15, 0.2) is 0 Å². The summed E-state index contributed by atoms with van der Waals surface area (Å²) in [5.41, 5.74) is 2.02. The second-order valence-corrected chi connectivity index (χ2v) is 7.30. The maximum absolute atomic E-state index is 13.0. The summed E-state index contributed by atoms with van der Waals surface area (Å²) in [6.45, 7) is 0.796. The monoisotopic (exact) mass is 381 g/mol. The van der Waals surface area contributed by atoms with E-state index in [0.717, 1.165) is 24.0 Å². The summed E-state index contributed by atoms with van der Waals surface area (Å²) in [6, 6.07) is 3.65. The minimum atomic E-state index is -0.301. The zero-order valence-corrected chi connectivity index (χ0v) is 16.0. The van der Waals surface area contributed by atoms with Gasteiger partial charge < -0.3 is 20.1 Å². The zero-order valence-electron chi connectivity index (χ0n) is 16.0. The molecule has 2 aromatic heterocycles. The number of rotatable bonds is 4. The van der Waals surface area contributed by atoms with Crippen molar-refractivity contribution in [2.75, 3.05) is 18.9 Å². The van der Waals surface area contributed by atoms with Crippen LogP contribution in [0.25, 0.3) is 0 Å². The number of pyridine rings is 2. The molecule has 4 rings (SSSR count). The number of anilines is 1. The lowest BCUT2D eigenvalue weighted by Crippen LogP contribution is -2.41. The van der Waals surface area contributed by atoms with Crippen molar-refractivity contribution in [2.24, 2.45) is 7.05 Å². The molecule has 3 heterocycles. The summed E-state index contributed by atoms with van der Waals surface area (Å²) in [4.78, 5) is 44.2. The Kier molecular flexibility index (Phi) is 4.62. The predicted octanol–water partition coefficient (Wildman–Crippen LogP) is 0.913. The summed E-state index contributed by atoms with van der Waals surface area (Å²) >= 11 is 0. The molecule has 0 atom stereocenters. The van der Waals surface area contributed by atoms with Gasteiger partial charge in [-0.2, -0.15) is 0 Å². The van der Waals surface area contributed by atoms with Crippen LogP contribution in [0.15, 0.2) is 29.3 Å².